The number of nitrogens with zero attached hydrogens (tertiary/aromatic N) is 1. The van der Waals surface area contributed by atoms with Gasteiger partial charge in [0.25, 0.3) is 0 Å². The van der Waals surface area contributed by atoms with Crippen molar-refractivity contribution in [3.63, 3.8) is 0 Å². The average Bonchev–Trinajstić information content (AvgIpc) is 2.27. The highest BCUT2D eigenvalue weighted by molar-refractivity contribution is 7.99. The van der Waals surface area contributed by atoms with E-state index in [0.717, 1.165) is 18.4 Å². The van der Waals surface area contributed by atoms with E-state index >= 15 is 0 Å². The molecule has 1 heterocycles. The van der Waals surface area contributed by atoms with Gasteiger partial charge in [-0.2, -0.15) is 11.8 Å². The van der Waals surface area contributed by atoms with Crippen molar-refractivity contribution in [3.05, 3.63) is 0 Å². The normalized spacial score (nSPS) is 26.4. The maximum absolute atomic E-state index is 3.77. The molecule has 0 bridgehead atoms. The van der Waals surface area contributed by atoms with Crippen molar-refractivity contribution in [2.45, 2.75) is 64.8 Å². The van der Waals surface area contributed by atoms with Gasteiger partial charge in [0.05, 0.1) is 0 Å². The highest BCUT2D eigenvalue weighted by Crippen LogP contribution is 2.26. The van der Waals surface area contributed by atoms with Crippen LogP contribution < -0.4 is 5.32 Å². The number of piperazine rings is 1. The van der Waals surface area contributed by atoms with Gasteiger partial charge >= 0.3 is 0 Å². The fraction of sp³-hybridized carbons (Fsp3) is 1.00. The molecular formula is C16H34N2S. The molecule has 2 atom stereocenters. The van der Waals surface area contributed by atoms with Crippen LogP contribution in [0.5, 0.6) is 0 Å². The van der Waals surface area contributed by atoms with Crippen molar-refractivity contribution in [3.8, 4) is 0 Å². The number of hydrogen-bond acceptors (Lipinski definition) is 3. The zero-order chi connectivity index (χ0) is 14.6. The predicted octanol–water partition coefficient (Wildman–Crippen LogP) is 3.47. The van der Waals surface area contributed by atoms with Crippen LogP contribution in [-0.4, -0.2) is 47.6 Å². The van der Waals surface area contributed by atoms with Crippen molar-refractivity contribution in [2.24, 2.45) is 11.8 Å². The molecule has 0 radical (unpaired) electrons. The zero-order valence-corrected chi connectivity index (χ0v) is 14.8. The Morgan fingerprint density at radius 3 is 2.37 bits per heavy atom. The second kappa shape index (κ2) is 7.33. The van der Waals surface area contributed by atoms with Gasteiger partial charge in [0.2, 0.25) is 0 Å². The number of nitrogens with one attached hydrogen (secondary N) is 1. The van der Waals surface area contributed by atoms with Crippen molar-refractivity contribution >= 4 is 11.8 Å². The monoisotopic (exact) mass is 286 g/mol. The van der Waals surface area contributed by atoms with E-state index in [0.29, 0.717) is 16.8 Å². The third-order valence-electron chi connectivity index (χ3n) is 4.20. The van der Waals surface area contributed by atoms with Crippen LogP contribution in [0.4, 0.5) is 0 Å². The number of thioether (sulfide) groups is 1. The Hall–Kier alpha value is 0.270. The highest BCUT2D eigenvalue weighted by Gasteiger charge is 2.33. The second-order valence-corrected chi connectivity index (χ2v) is 8.95. The summed E-state index contributed by atoms with van der Waals surface area (Å²) in [6.45, 7) is 17.7. The van der Waals surface area contributed by atoms with Crippen molar-refractivity contribution < 1.29 is 0 Å². The summed E-state index contributed by atoms with van der Waals surface area (Å²) < 4.78 is 0.354. The molecule has 0 aromatic rings. The Morgan fingerprint density at radius 2 is 1.89 bits per heavy atom. The van der Waals surface area contributed by atoms with Crippen LogP contribution in [0.15, 0.2) is 0 Å². The molecule has 1 fully saturated rings. The van der Waals surface area contributed by atoms with Gasteiger partial charge < -0.3 is 5.32 Å². The Bertz CT molecular complexity index is 263. The second-order valence-electron chi connectivity index (χ2n) is 7.44. The first-order chi connectivity index (χ1) is 8.75. The lowest BCUT2D eigenvalue weighted by molar-refractivity contribution is 0.0856. The smallest absolute Gasteiger partial charge is 0.0244 e. The fourth-order valence-electron chi connectivity index (χ4n) is 3.02. The van der Waals surface area contributed by atoms with Crippen LogP contribution in [0.25, 0.3) is 0 Å². The Morgan fingerprint density at radius 1 is 1.26 bits per heavy atom. The molecule has 2 unspecified atom stereocenters. The first-order valence-corrected chi connectivity index (χ1v) is 9.00. The SMILES string of the molecule is CSC(C)(C)CN1CC(CC(C)C)NCC1C(C)C. The van der Waals surface area contributed by atoms with E-state index in [2.05, 4.69) is 58.0 Å². The minimum absolute atomic E-state index is 0.354. The van der Waals surface area contributed by atoms with Crippen LogP contribution in [0.3, 0.4) is 0 Å². The summed E-state index contributed by atoms with van der Waals surface area (Å²) >= 11 is 1.99. The summed E-state index contributed by atoms with van der Waals surface area (Å²) in [6.07, 6.45) is 3.53. The molecule has 3 heteroatoms. The van der Waals surface area contributed by atoms with Crippen LogP contribution in [0, 0.1) is 11.8 Å². The molecule has 0 aromatic heterocycles. The molecule has 1 aliphatic heterocycles. The predicted molar refractivity (Wildman–Crippen MR) is 89.0 cm³/mol. The van der Waals surface area contributed by atoms with Crippen LogP contribution in [-0.2, 0) is 0 Å². The maximum atomic E-state index is 3.77. The summed E-state index contributed by atoms with van der Waals surface area (Å²) in [4.78, 5) is 2.74. The Kier molecular flexibility index (Phi) is 6.68. The van der Waals surface area contributed by atoms with Crippen LogP contribution in [0.1, 0.15) is 48.0 Å². The summed E-state index contributed by atoms with van der Waals surface area (Å²) in [5.74, 6) is 1.51. The van der Waals surface area contributed by atoms with Crippen molar-refractivity contribution in [2.75, 3.05) is 25.9 Å². The number of hydrogen-bond donors (Lipinski definition) is 1. The molecular weight excluding hydrogens is 252 g/mol. The van der Waals surface area contributed by atoms with E-state index < -0.39 is 0 Å². The van der Waals surface area contributed by atoms with E-state index in [9.17, 15) is 0 Å². The highest BCUT2D eigenvalue weighted by atomic mass is 32.2. The van der Waals surface area contributed by atoms with Gasteiger partial charge in [0.15, 0.2) is 0 Å². The van der Waals surface area contributed by atoms with E-state index in [1.807, 2.05) is 11.8 Å². The topological polar surface area (TPSA) is 15.3 Å². The standard InChI is InChI=1S/C16H34N2S/c1-12(2)8-14-10-18(11-16(5,6)19-7)15(9-17-14)13(3)4/h12-15,17H,8-11H2,1-7H3. The molecule has 1 aliphatic rings. The Labute approximate surface area is 125 Å². The van der Waals surface area contributed by atoms with Crippen molar-refractivity contribution in [1.82, 2.24) is 10.2 Å². The lowest BCUT2D eigenvalue weighted by atomic mass is 9.94. The summed E-state index contributed by atoms with van der Waals surface area (Å²) in [5, 5.41) is 3.77. The minimum Gasteiger partial charge on any atom is -0.311 e. The third-order valence-corrected chi connectivity index (χ3v) is 5.44. The lowest BCUT2D eigenvalue weighted by Gasteiger charge is -2.45. The molecule has 19 heavy (non-hydrogen) atoms. The van der Waals surface area contributed by atoms with Crippen LogP contribution >= 0.6 is 11.8 Å². The van der Waals surface area contributed by atoms with Gasteiger partial charge in [-0.1, -0.05) is 27.7 Å². The minimum atomic E-state index is 0.354. The first kappa shape index (κ1) is 17.3. The quantitative estimate of drug-likeness (QED) is 0.805. The molecule has 1 saturated heterocycles. The lowest BCUT2D eigenvalue weighted by Crippen LogP contribution is -2.60. The van der Waals surface area contributed by atoms with E-state index in [1.165, 1.54) is 19.5 Å². The van der Waals surface area contributed by atoms with Crippen LogP contribution in [0.2, 0.25) is 0 Å². The Balaban J connectivity index is 2.68. The summed E-state index contributed by atoms with van der Waals surface area (Å²) in [7, 11) is 0. The summed E-state index contributed by atoms with van der Waals surface area (Å²) in [6, 6.07) is 1.36. The molecule has 0 amide bonds. The van der Waals surface area contributed by atoms with E-state index in [4.69, 9.17) is 0 Å². The van der Waals surface area contributed by atoms with E-state index in [1.54, 1.807) is 0 Å². The fourth-order valence-corrected chi connectivity index (χ4v) is 3.31. The first-order valence-electron chi connectivity index (χ1n) is 7.77. The third kappa shape index (κ3) is 5.65. The van der Waals surface area contributed by atoms with Gasteiger partial charge in [0.1, 0.15) is 0 Å². The molecule has 0 saturated carbocycles. The molecule has 0 aliphatic carbocycles. The number of rotatable bonds is 6. The molecule has 2 nitrogen and oxygen atoms in total. The van der Waals surface area contributed by atoms with Gasteiger partial charge in [-0.05, 0) is 38.4 Å². The van der Waals surface area contributed by atoms with Gasteiger partial charge in [-0.3, -0.25) is 4.90 Å². The molecule has 1 rings (SSSR count). The van der Waals surface area contributed by atoms with Crippen molar-refractivity contribution in [1.29, 1.82) is 0 Å². The molecule has 0 aromatic carbocycles. The largest absolute Gasteiger partial charge is 0.311 e. The molecule has 114 valence electrons. The molecule has 1 N–H and O–H groups in total. The van der Waals surface area contributed by atoms with E-state index in [-0.39, 0.29) is 0 Å². The van der Waals surface area contributed by atoms with Gasteiger partial charge in [-0.25, -0.2) is 0 Å². The van der Waals surface area contributed by atoms with Gasteiger partial charge in [-0.15, -0.1) is 0 Å². The molecule has 0 spiro atoms. The summed E-state index contributed by atoms with van der Waals surface area (Å²) in [5.41, 5.74) is 0. The average molecular weight is 287 g/mol. The van der Waals surface area contributed by atoms with Gasteiger partial charge in [0, 0.05) is 36.5 Å². The maximum Gasteiger partial charge on any atom is 0.0244 e. The zero-order valence-electron chi connectivity index (χ0n) is 14.0.